The Morgan fingerprint density at radius 3 is 2.00 bits per heavy atom. The summed E-state index contributed by atoms with van der Waals surface area (Å²) in [7, 11) is 3.47. The molecule has 0 fully saturated rings. The third-order valence-electron chi connectivity index (χ3n) is 0.864. The van der Waals surface area contributed by atoms with E-state index in [0.717, 1.165) is 0 Å². The van der Waals surface area contributed by atoms with Crippen LogP contribution >= 0.6 is 30.1 Å². The Labute approximate surface area is 67.1 Å². The molecule has 0 spiro atoms. The van der Waals surface area contributed by atoms with E-state index < -0.39 is 0 Å². The lowest BCUT2D eigenvalue weighted by Gasteiger charge is -2.13. The molecular weight excluding hydrogens is 235 g/mol. The first-order valence-corrected chi connectivity index (χ1v) is 5.94. The monoisotopic (exact) mass is 246 g/mol. The number of rotatable bonds is 3. The van der Waals surface area contributed by atoms with Crippen molar-refractivity contribution < 1.29 is 4.74 Å². The maximum atomic E-state index is 5.12. The smallest absolute Gasteiger partial charge is 0.114 e. The summed E-state index contributed by atoms with van der Waals surface area (Å²) >= 11 is 2.26. The zero-order valence-corrected chi connectivity index (χ0v) is 8.32. The Morgan fingerprint density at radius 2 is 2.00 bits per heavy atom. The average molecular weight is 246 g/mol. The maximum Gasteiger partial charge on any atom is 0.114 e. The zero-order valence-electron chi connectivity index (χ0n) is 5.35. The first kappa shape index (κ1) is 9.04. The van der Waals surface area contributed by atoms with Gasteiger partial charge in [-0.1, -0.05) is 22.8 Å². The maximum absolute atomic E-state index is 5.12. The van der Waals surface area contributed by atoms with E-state index in [1.165, 1.54) is 0 Å². The summed E-state index contributed by atoms with van der Waals surface area (Å²) in [5.41, 5.74) is 0.357. The van der Waals surface area contributed by atoms with Crippen LogP contribution in [0.15, 0.2) is 0 Å². The fourth-order valence-corrected chi connectivity index (χ4v) is 3.07. The van der Waals surface area contributed by atoms with Crippen molar-refractivity contribution >= 4 is 30.1 Å². The molecule has 0 bridgehead atoms. The summed E-state index contributed by atoms with van der Waals surface area (Å²) in [5, 5.41) is 0. The van der Waals surface area contributed by atoms with E-state index in [2.05, 4.69) is 35.1 Å². The third-order valence-corrected chi connectivity index (χ3v) is 3.28. The molecule has 50 valence electrons. The van der Waals surface area contributed by atoms with Crippen LogP contribution in [0.2, 0.25) is 0 Å². The van der Waals surface area contributed by atoms with Gasteiger partial charge in [-0.15, -0.1) is 0 Å². The van der Waals surface area contributed by atoms with E-state index in [4.69, 9.17) is 4.74 Å². The van der Waals surface area contributed by atoms with Gasteiger partial charge < -0.3 is 4.74 Å². The minimum Gasteiger partial charge on any atom is -0.370 e. The largest absolute Gasteiger partial charge is 0.370 e. The SMILES string of the molecule is COC(SI)C(C)C. The van der Waals surface area contributed by atoms with Crippen LogP contribution in [0.1, 0.15) is 13.8 Å². The molecule has 0 saturated heterocycles. The molecule has 0 aromatic carbocycles. The fourth-order valence-electron chi connectivity index (χ4n) is 0.411. The van der Waals surface area contributed by atoms with Crippen molar-refractivity contribution in [2.75, 3.05) is 7.11 Å². The van der Waals surface area contributed by atoms with Crippen LogP contribution in [0.5, 0.6) is 0 Å². The molecule has 0 amide bonds. The number of halogens is 1. The van der Waals surface area contributed by atoms with Gasteiger partial charge in [0.05, 0.1) is 0 Å². The van der Waals surface area contributed by atoms with Crippen molar-refractivity contribution in [1.29, 1.82) is 0 Å². The van der Waals surface area contributed by atoms with Gasteiger partial charge in [-0.3, -0.25) is 0 Å². The molecule has 0 aliphatic rings. The molecule has 0 N–H and O–H groups in total. The van der Waals surface area contributed by atoms with Gasteiger partial charge >= 0.3 is 0 Å². The van der Waals surface area contributed by atoms with Crippen molar-refractivity contribution in [2.45, 2.75) is 19.3 Å². The van der Waals surface area contributed by atoms with Gasteiger partial charge in [0.15, 0.2) is 0 Å². The lowest BCUT2D eigenvalue weighted by molar-refractivity contribution is 0.138. The Kier molecular flexibility index (Phi) is 5.51. The van der Waals surface area contributed by atoms with E-state index in [0.29, 0.717) is 11.4 Å². The van der Waals surface area contributed by atoms with Crippen LogP contribution in [-0.4, -0.2) is 12.5 Å². The standard InChI is InChI=1S/C5H11IOS/c1-4(2)5(7-3)8-6/h4-5H,1-3H3. The number of methoxy groups -OCH3 is 1. The molecule has 0 saturated carbocycles. The Balaban J connectivity index is 3.35. The van der Waals surface area contributed by atoms with Gasteiger partial charge in [0, 0.05) is 7.11 Å². The van der Waals surface area contributed by atoms with Crippen LogP contribution in [0.3, 0.4) is 0 Å². The Hall–Kier alpha value is 1.04. The highest BCUT2D eigenvalue weighted by Crippen LogP contribution is 2.25. The highest BCUT2D eigenvalue weighted by molar-refractivity contribution is 14.2. The van der Waals surface area contributed by atoms with E-state index >= 15 is 0 Å². The molecule has 0 radical (unpaired) electrons. The summed E-state index contributed by atoms with van der Waals surface area (Å²) < 4.78 is 5.12. The molecule has 1 nitrogen and oxygen atoms in total. The molecule has 1 unspecified atom stereocenters. The third kappa shape index (κ3) is 3.14. The predicted octanol–water partition coefficient (Wildman–Crippen LogP) is 2.70. The molecule has 0 aliphatic heterocycles. The molecule has 0 aromatic heterocycles. The second-order valence-corrected chi connectivity index (χ2v) is 4.11. The topological polar surface area (TPSA) is 9.23 Å². The van der Waals surface area contributed by atoms with E-state index in [1.54, 1.807) is 16.0 Å². The molecule has 0 rings (SSSR count). The van der Waals surface area contributed by atoms with Crippen molar-refractivity contribution in [1.82, 2.24) is 0 Å². The first-order valence-electron chi connectivity index (χ1n) is 2.52. The van der Waals surface area contributed by atoms with Crippen LogP contribution in [0, 0.1) is 5.92 Å². The van der Waals surface area contributed by atoms with Gasteiger partial charge in [0.1, 0.15) is 5.44 Å². The van der Waals surface area contributed by atoms with Crippen LogP contribution in [0.25, 0.3) is 0 Å². The first-order chi connectivity index (χ1) is 3.72. The molecule has 0 aromatic rings. The normalized spacial score (nSPS) is 14.6. The van der Waals surface area contributed by atoms with Gasteiger partial charge in [0.2, 0.25) is 0 Å². The Bertz CT molecular complexity index is 54.4. The minimum atomic E-state index is 0.357. The number of hydrogen-bond acceptors (Lipinski definition) is 2. The second-order valence-electron chi connectivity index (χ2n) is 1.94. The van der Waals surface area contributed by atoms with E-state index in [9.17, 15) is 0 Å². The van der Waals surface area contributed by atoms with E-state index in [1.807, 2.05) is 0 Å². The van der Waals surface area contributed by atoms with Crippen molar-refractivity contribution in [3.8, 4) is 0 Å². The van der Waals surface area contributed by atoms with E-state index in [-0.39, 0.29) is 0 Å². The molecule has 0 heterocycles. The van der Waals surface area contributed by atoms with Gasteiger partial charge in [-0.05, 0) is 27.1 Å². The van der Waals surface area contributed by atoms with Crippen LogP contribution in [0.4, 0.5) is 0 Å². The highest BCUT2D eigenvalue weighted by atomic mass is 127. The second kappa shape index (κ2) is 4.88. The summed E-state index contributed by atoms with van der Waals surface area (Å²) in [4.78, 5) is 0. The number of ether oxygens (including phenoxy) is 1. The van der Waals surface area contributed by atoms with Crippen molar-refractivity contribution in [3.63, 3.8) is 0 Å². The average Bonchev–Trinajstić information content (AvgIpc) is 1.69. The predicted molar refractivity (Wildman–Crippen MR) is 47.2 cm³/mol. The molecule has 1 atom stereocenters. The van der Waals surface area contributed by atoms with Crippen molar-refractivity contribution in [3.05, 3.63) is 0 Å². The van der Waals surface area contributed by atoms with Crippen LogP contribution in [-0.2, 0) is 4.74 Å². The Morgan fingerprint density at radius 1 is 1.50 bits per heavy atom. The summed E-state index contributed by atoms with van der Waals surface area (Å²) in [6.45, 7) is 4.31. The lowest BCUT2D eigenvalue weighted by Crippen LogP contribution is -2.10. The molecule has 8 heavy (non-hydrogen) atoms. The minimum absolute atomic E-state index is 0.357. The molecule has 3 heteroatoms. The van der Waals surface area contributed by atoms with Gasteiger partial charge in [0.25, 0.3) is 0 Å². The summed E-state index contributed by atoms with van der Waals surface area (Å²) in [6.07, 6.45) is 0. The summed E-state index contributed by atoms with van der Waals surface area (Å²) in [6, 6.07) is 0. The van der Waals surface area contributed by atoms with Crippen LogP contribution < -0.4 is 0 Å². The lowest BCUT2D eigenvalue weighted by atomic mass is 10.2. The highest BCUT2D eigenvalue weighted by Gasteiger charge is 2.09. The van der Waals surface area contributed by atoms with Gasteiger partial charge in [-0.25, -0.2) is 0 Å². The molecule has 0 aliphatic carbocycles. The fraction of sp³-hybridized carbons (Fsp3) is 1.00. The van der Waals surface area contributed by atoms with Gasteiger partial charge in [-0.2, -0.15) is 0 Å². The summed E-state index contributed by atoms with van der Waals surface area (Å²) in [5.74, 6) is 0.613. The quantitative estimate of drug-likeness (QED) is 0.559. The molecular formula is C5H11IOS. The zero-order chi connectivity index (χ0) is 6.57. The number of hydrogen-bond donors (Lipinski definition) is 0. The van der Waals surface area contributed by atoms with Crippen molar-refractivity contribution in [2.24, 2.45) is 5.92 Å².